The summed E-state index contributed by atoms with van der Waals surface area (Å²) in [7, 11) is 0. The Bertz CT molecular complexity index is 546. The molecule has 27 heavy (non-hydrogen) atoms. The molecule has 1 aromatic heterocycles. The van der Waals surface area contributed by atoms with Crippen molar-refractivity contribution >= 4 is 29.8 Å². The molecule has 0 spiro atoms. The van der Waals surface area contributed by atoms with Crippen LogP contribution in [0.25, 0.3) is 0 Å². The van der Waals surface area contributed by atoms with Crippen molar-refractivity contribution in [2.24, 2.45) is 0 Å². The number of anilines is 3. The second-order valence-corrected chi connectivity index (χ2v) is 6.14. The first kappa shape index (κ1) is 22.4. The van der Waals surface area contributed by atoms with E-state index in [9.17, 15) is 9.59 Å². The summed E-state index contributed by atoms with van der Waals surface area (Å²) in [5, 5.41) is 26.3. The van der Waals surface area contributed by atoms with Gasteiger partial charge in [0.25, 0.3) is 0 Å². The Balaban J connectivity index is 2.55. The molecule has 10 nitrogen and oxygen atoms in total. The fraction of sp³-hybridized carbons (Fsp3) is 0.706. The maximum absolute atomic E-state index is 10.6. The van der Waals surface area contributed by atoms with Crippen LogP contribution in [0.15, 0.2) is 0 Å². The summed E-state index contributed by atoms with van der Waals surface area (Å²) in [5.74, 6) is -0.978. The smallest absolute Gasteiger partial charge is 0.305 e. The van der Waals surface area contributed by atoms with E-state index in [1.807, 2.05) is 0 Å². The zero-order valence-corrected chi connectivity index (χ0v) is 15.8. The summed E-state index contributed by atoms with van der Waals surface area (Å²) >= 11 is 0. The van der Waals surface area contributed by atoms with Gasteiger partial charge in [0, 0.05) is 19.6 Å². The van der Waals surface area contributed by atoms with Gasteiger partial charge in [-0.05, 0) is 6.42 Å². The lowest BCUT2D eigenvalue weighted by atomic mass is 10.1. The standard InChI is InChI=1S/C17H30N6O4/c1-2-3-4-5-6-7-10-18-15-21-16(19-11-8-13(24)25)23-17(22-15)20-12-9-14(26)27/h2-12H2,1H3,(H,24,25)(H,26,27)(H3,18,19,20,21,22,23). The second-order valence-electron chi connectivity index (χ2n) is 6.14. The van der Waals surface area contributed by atoms with Crippen molar-refractivity contribution in [1.29, 1.82) is 0 Å². The number of carboxylic acid groups (broad SMARTS) is 2. The Morgan fingerprint density at radius 2 is 1.11 bits per heavy atom. The maximum Gasteiger partial charge on any atom is 0.305 e. The Morgan fingerprint density at radius 1 is 0.704 bits per heavy atom. The SMILES string of the molecule is CCCCCCCCNc1nc(NCCC(=O)O)nc(NCCC(=O)O)n1. The van der Waals surface area contributed by atoms with Gasteiger partial charge in [-0.2, -0.15) is 15.0 Å². The summed E-state index contributed by atoms with van der Waals surface area (Å²) in [4.78, 5) is 33.8. The van der Waals surface area contributed by atoms with Gasteiger partial charge in [-0.25, -0.2) is 0 Å². The third kappa shape index (κ3) is 11.6. The Kier molecular flexibility index (Phi) is 11.2. The Labute approximate surface area is 159 Å². The van der Waals surface area contributed by atoms with Crippen LogP contribution in [0.5, 0.6) is 0 Å². The first-order valence-corrected chi connectivity index (χ1v) is 9.42. The third-order valence-corrected chi connectivity index (χ3v) is 3.69. The number of carbonyl (C=O) groups is 2. The van der Waals surface area contributed by atoms with E-state index in [-0.39, 0.29) is 37.8 Å². The highest BCUT2D eigenvalue weighted by atomic mass is 16.4. The number of nitrogens with zero attached hydrogens (tertiary/aromatic N) is 3. The lowest BCUT2D eigenvalue weighted by molar-refractivity contribution is -0.137. The van der Waals surface area contributed by atoms with Gasteiger partial charge in [0.1, 0.15) is 0 Å². The Hall–Kier alpha value is -2.65. The van der Waals surface area contributed by atoms with E-state index in [2.05, 4.69) is 37.8 Å². The minimum Gasteiger partial charge on any atom is -0.481 e. The zero-order valence-electron chi connectivity index (χ0n) is 15.8. The molecule has 5 N–H and O–H groups in total. The normalized spacial score (nSPS) is 10.4. The zero-order chi connectivity index (χ0) is 19.9. The summed E-state index contributed by atoms with van der Waals surface area (Å²) in [6, 6.07) is 0. The van der Waals surface area contributed by atoms with Gasteiger partial charge in [0.05, 0.1) is 12.8 Å². The molecule has 0 saturated heterocycles. The molecule has 0 fully saturated rings. The summed E-state index contributed by atoms with van der Waals surface area (Å²) in [6.45, 7) is 3.28. The van der Waals surface area contributed by atoms with Crippen molar-refractivity contribution in [3.05, 3.63) is 0 Å². The fourth-order valence-electron chi connectivity index (χ4n) is 2.28. The number of unbranched alkanes of at least 4 members (excludes halogenated alkanes) is 5. The predicted octanol–water partition coefficient (Wildman–Crippen LogP) is 2.42. The summed E-state index contributed by atoms with van der Waals surface area (Å²) in [6.07, 6.45) is 6.94. The average Bonchev–Trinajstić information content (AvgIpc) is 2.60. The Morgan fingerprint density at radius 3 is 1.56 bits per heavy atom. The van der Waals surface area contributed by atoms with Gasteiger partial charge in [-0.1, -0.05) is 39.0 Å². The molecule has 1 aromatic rings. The van der Waals surface area contributed by atoms with Gasteiger partial charge in [0.15, 0.2) is 0 Å². The number of nitrogens with one attached hydrogen (secondary N) is 3. The summed E-state index contributed by atoms with van der Waals surface area (Å²) in [5.41, 5.74) is 0. The monoisotopic (exact) mass is 382 g/mol. The van der Waals surface area contributed by atoms with Gasteiger partial charge < -0.3 is 26.2 Å². The van der Waals surface area contributed by atoms with Crippen molar-refractivity contribution in [2.45, 2.75) is 58.3 Å². The average molecular weight is 382 g/mol. The predicted molar refractivity (Wildman–Crippen MR) is 103 cm³/mol. The number of aromatic nitrogens is 3. The minimum atomic E-state index is -0.919. The van der Waals surface area contributed by atoms with Crippen LogP contribution in [0.1, 0.15) is 58.3 Å². The van der Waals surface area contributed by atoms with Crippen molar-refractivity contribution in [2.75, 3.05) is 35.6 Å². The first-order valence-electron chi connectivity index (χ1n) is 9.42. The van der Waals surface area contributed by atoms with E-state index in [1.54, 1.807) is 0 Å². The molecule has 1 heterocycles. The van der Waals surface area contributed by atoms with Gasteiger partial charge in [-0.3, -0.25) is 9.59 Å². The molecule has 152 valence electrons. The van der Waals surface area contributed by atoms with E-state index in [4.69, 9.17) is 10.2 Å². The number of hydrogen-bond donors (Lipinski definition) is 5. The number of carboxylic acids is 2. The number of hydrogen-bond acceptors (Lipinski definition) is 8. The van der Waals surface area contributed by atoms with Crippen LogP contribution < -0.4 is 16.0 Å². The molecule has 10 heteroatoms. The molecule has 0 amide bonds. The van der Waals surface area contributed by atoms with Crippen LogP contribution in [0, 0.1) is 0 Å². The molecule has 0 aliphatic rings. The van der Waals surface area contributed by atoms with Crippen LogP contribution in [0.2, 0.25) is 0 Å². The topological polar surface area (TPSA) is 149 Å². The molecule has 0 aromatic carbocycles. The van der Waals surface area contributed by atoms with E-state index in [0.29, 0.717) is 5.95 Å². The van der Waals surface area contributed by atoms with Crippen molar-refractivity contribution in [3.8, 4) is 0 Å². The molecule has 0 bridgehead atoms. The fourth-order valence-corrected chi connectivity index (χ4v) is 2.28. The molecular formula is C17H30N6O4. The van der Waals surface area contributed by atoms with E-state index in [1.165, 1.54) is 25.7 Å². The van der Waals surface area contributed by atoms with Crippen LogP contribution in [-0.2, 0) is 9.59 Å². The van der Waals surface area contributed by atoms with E-state index < -0.39 is 11.9 Å². The highest BCUT2D eigenvalue weighted by molar-refractivity contribution is 5.67. The lowest BCUT2D eigenvalue weighted by Gasteiger charge is -2.10. The minimum absolute atomic E-state index is 0.0615. The van der Waals surface area contributed by atoms with Gasteiger partial charge >= 0.3 is 11.9 Å². The van der Waals surface area contributed by atoms with Crippen LogP contribution in [0.3, 0.4) is 0 Å². The highest BCUT2D eigenvalue weighted by Crippen LogP contribution is 2.11. The number of aliphatic carboxylic acids is 2. The van der Waals surface area contributed by atoms with Crippen molar-refractivity contribution < 1.29 is 19.8 Å². The van der Waals surface area contributed by atoms with Crippen molar-refractivity contribution in [3.63, 3.8) is 0 Å². The molecular weight excluding hydrogens is 352 g/mol. The van der Waals surface area contributed by atoms with Crippen LogP contribution >= 0.6 is 0 Å². The number of rotatable bonds is 16. The lowest BCUT2D eigenvalue weighted by Crippen LogP contribution is -2.16. The molecule has 0 aliphatic carbocycles. The molecule has 0 radical (unpaired) electrons. The van der Waals surface area contributed by atoms with E-state index >= 15 is 0 Å². The maximum atomic E-state index is 10.6. The third-order valence-electron chi connectivity index (χ3n) is 3.69. The largest absolute Gasteiger partial charge is 0.481 e. The van der Waals surface area contributed by atoms with Crippen molar-refractivity contribution in [1.82, 2.24) is 15.0 Å². The molecule has 0 saturated carbocycles. The second kappa shape index (κ2) is 13.5. The summed E-state index contributed by atoms with van der Waals surface area (Å²) < 4.78 is 0. The molecule has 0 atom stereocenters. The molecule has 0 aliphatic heterocycles. The molecule has 1 rings (SSSR count). The van der Waals surface area contributed by atoms with Crippen LogP contribution in [0.4, 0.5) is 17.8 Å². The van der Waals surface area contributed by atoms with Gasteiger partial charge in [-0.15, -0.1) is 0 Å². The first-order chi connectivity index (χ1) is 13.0. The quantitative estimate of drug-likeness (QED) is 0.270. The van der Waals surface area contributed by atoms with Crippen LogP contribution in [-0.4, -0.2) is 56.7 Å². The highest BCUT2D eigenvalue weighted by Gasteiger charge is 2.07. The van der Waals surface area contributed by atoms with E-state index in [0.717, 1.165) is 19.4 Å². The molecule has 0 unspecified atom stereocenters. The van der Waals surface area contributed by atoms with Gasteiger partial charge in [0.2, 0.25) is 17.8 Å².